The molecule has 0 fully saturated rings. The van der Waals surface area contributed by atoms with Gasteiger partial charge in [-0.2, -0.15) is 0 Å². The number of allylic oxidation sites excluding steroid dienone is 1. The summed E-state index contributed by atoms with van der Waals surface area (Å²) in [5.74, 6) is 0. The fourth-order valence-electron chi connectivity index (χ4n) is 2.43. The Balaban J connectivity index is 2.05. The Morgan fingerprint density at radius 3 is 2.94 bits per heavy atom. The van der Waals surface area contributed by atoms with Crippen LogP contribution in [0.4, 0.5) is 0 Å². The Bertz CT molecular complexity index is 536. The number of hydrogen-bond donors (Lipinski definition) is 1. The fraction of sp³-hybridized carbons (Fsp3) is 0.286. The van der Waals surface area contributed by atoms with Gasteiger partial charge in [-0.25, -0.2) is 0 Å². The van der Waals surface area contributed by atoms with Crippen molar-refractivity contribution in [1.29, 1.82) is 0 Å². The summed E-state index contributed by atoms with van der Waals surface area (Å²) in [7, 11) is 0. The Labute approximate surface area is 95.6 Å². The summed E-state index contributed by atoms with van der Waals surface area (Å²) in [5, 5.41) is 4.76. The zero-order valence-corrected chi connectivity index (χ0v) is 9.48. The lowest BCUT2D eigenvalue weighted by atomic mass is 10.2. The smallest absolute Gasteiger partial charge is 0.0700 e. The van der Waals surface area contributed by atoms with Crippen molar-refractivity contribution in [2.75, 3.05) is 6.54 Å². The zero-order chi connectivity index (χ0) is 11.0. The second-order valence-corrected chi connectivity index (χ2v) is 4.33. The summed E-state index contributed by atoms with van der Waals surface area (Å²) in [5.41, 5.74) is 2.66. The van der Waals surface area contributed by atoms with Crippen LogP contribution in [0.1, 0.15) is 19.4 Å². The lowest BCUT2D eigenvalue weighted by molar-refractivity contribution is 0.610. The highest BCUT2D eigenvalue weighted by atomic mass is 15.1. The minimum absolute atomic E-state index is 0.405. The van der Waals surface area contributed by atoms with Crippen LogP contribution in [0.25, 0.3) is 10.9 Å². The average molecular weight is 212 g/mol. The van der Waals surface area contributed by atoms with E-state index in [1.807, 2.05) is 0 Å². The maximum atomic E-state index is 3.45. The van der Waals surface area contributed by atoms with Crippen LogP contribution in [-0.4, -0.2) is 11.1 Å². The molecule has 1 aliphatic rings. The number of rotatable bonds is 2. The molecule has 82 valence electrons. The molecule has 1 unspecified atom stereocenters. The van der Waals surface area contributed by atoms with E-state index in [-0.39, 0.29) is 0 Å². The van der Waals surface area contributed by atoms with Crippen molar-refractivity contribution < 1.29 is 0 Å². The van der Waals surface area contributed by atoms with Crippen LogP contribution in [0.5, 0.6) is 0 Å². The van der Waals surface area contributed by atoms with Gasteiger partial charge in [0, 0.05) is 24.0 Å². The summed E-state index contributed by atoms with van der Waals surface area (Å²) in [6, 6.07) is 11.1. The number of hydrogen-bond acceptors (Lipinski definition) is 1. The molecule has 1 atom stereocenters. The molecule has 1 aliphatic heterocycles. The van der Waals surface area contributed by atoms with Crippen LogP contribution in [-0.2, 0) is 0 Å². The molecule has 2 nitrogen and oxygen atoms in total. The second kappa shape index (κ2) is 3.71. The molecular weight excluding hydrogens is 196 g/mol. The van der Waals surface area contributed by atoms with Crippen LogP contribution in [0.3, 0.4) is 0 Å². The van der Waals surface area contributed by atoms with Crippen molar-refractivity contribution in [2.45, 2.75) is 19.4 Å². The molecule has 0 radical (unpaired) electrons. The summed E-state index contributed by atoms with van der Waals surface area (Å²) < 4.78 is 2.33. The first-order valence-corrected chi connectivity index (χ1v) is 5.86. The molecule has 0 amide bonds. The SMILES string of the molecule is CC(C1=CCCN1)n1ccc2ccccc21. The highest BCUT2D eigenvalue weighted by molar-refractivity contribution is 5.80. The van der Waals surface area contributed by atoms with Gasteiger partial charge in [0.1, 0.15) is 0 Å². The van der Waals surface area contributed by atoms with Crippen molar-refractivity contribution in [1.82, 2.24) is 9.88 Å². The highest BCUT2D eigenvalue weighted by Crippen LogP contribution is 2.24. The number of fused-ring (bicyclic) bond motifs is 1. The Kier molecular flexibility index (Phi) is 2.21. The van der Waals surface area contributed by atoms with Gasteiger partial charge in [-0.1, -0.05) is 24.3 Å². The molecule has 0 spiro atoms. The Morgan fingerprint density at radius 1 is 1.25 bits per heavy atom. The standard InChI is InChI=1S/C14H16N2/c1-11(13-6-4-9-15-13)16-10-8-12-5-2-3-7-14(12)16/h2-3,5-8,10-11,15H,4,9H2,1H3. The highest BCUT2D eigenvalue weighted by Gasteiger charge is 2.14. The van der Waals surface area contributed by atoms with Crippen LogP contribution < -0.4 is 5.32 Å². The van der Waals surface area contributed by atoms with E-state index in [4.69, 9.17) is 0 Å². The maximum Gasteiger partial charge on any atom is 0.0700 e. The van der Waals surface area contributed by atoms with Gasteiger partial charge in [0.25, 0.3) is 0 Å². The van der Waals surface area contributed by atoms with Crippen molar-refractivity contribution >= 4 is 10.9 Å². The lowest BCUT2D eigenvalue weighted by Gasteiger charge is -2.17. The van der Waals surface area contributed by atoms with Gasteiger partial charge < -0.3 is 9.88 Å². The van der Waals surface area contributed by atoms with E-state index in [2.05, 4.69) is 59.4 Å². The summed E-state index contributed by atoms with van der Waals surface area (Å²) >= 11 is 0. The minimum Gasteiger partial charge on any atom is -0.387 e. The molecule has 3 rings (SSSR count). The third-order valence-electron chi connectivity index (χ3n) is 3.33. The number of nitrogens with one attached hydrogen (secondary N) is 1. The first-order chi connectivity index (χ1) is 7.86. The maximum absolute atomic E-state index is 3.45. The second-order valence-electron chi connectivity index (χ2n) is 4.33. The van der Waals surface area contributed by atoms with Gasteiger partial charge in [0.15, 0.2) is 0 Å². The molecule has 1 aromatic heterocycles. The predicted molar refractivity (Wildman–Crippen MR) is 67.4 cm³/mol. The number of benzene rings is 1. The molecule has 0 saturated carbocycles. The summed E-state index contributed by atoms with van der Waals surface area (Å²) in [6.07, 6.45) is 5.63. The first kappa shape index (κ1) is 9.52. The zero-order valence-electron chi connectivity index (χ0n) is 9.48. The molecule has 1 N–H and O–H groups in total. The number of para-hydroxylation sites is 1. The van der Waals surface area contributed by atoms with Gasteiger partial charge in [-0.05, 0) is 30.9 Å². The van der Waals surface area contributed by atoms with E-state index in [1.54, 1.807) is 0 Å². The predicted octanol–water partition coefficient (Wildman–Crippen LogP) is 3.08. The van der Waals surface area contributed by atoms with E-state index in [0.29, 0.717) is 6.04 Å². The van der Waals surface area contributed by atoms with Gasteiger partial charge in [0.05, 0.1) is 6.04 Å². The quantitative estimate of drug-likeness (QED) is 0.809. The third-order valence-corrected chi connectivity index (χ3v) is 3.33. The van der Waals surface area contributed by atoms with E-state index in [9.17, 15) is 0 Å². The van der Waals surface area contributed by atoms with E-state index < -0.39 is 0 Å². The van der Waals surface area contributed by atoms with Gasteiger partial charge in [-0.3, -0.25) is 0 Å². The lowest BCUT2D eigenvalue weighted by Crippen LogP contribution is -2.17. The Hall–Kier alpha value is -1.70. The van der Waals surface area contributed by atoms with Crippen molar-refractivity contribution in [2.24, 2.45) is 0 Å². The molecule has 0 saturated heterocycles. The van der Waals surface area contributed by atoms with E-state index in [0.717, 1.165) is 13.0 Å². The van der Waals surface area contributed by atoms with Crippen LogP contribution in [0.2, 0.25) is 0 Å². The molecule has 0 bridgehead atoms. The summed E-state index contributed by atoms with van der Waals surface area (Å²) in [6.45, 7) is 3.33. The monoisotopic (exact) mass is 212 g/mol. The first-order valence-electron chi connectivity index (χ1n) is 5.86. The normalized spacial score (nSPS) is 17.2. The largest absolute Gasteiger partial charge is 0.387 e. The van der Waals surface area contributed by atoms with Crippen LogP contribution >= 0.6 is 0 Å². The molecule has 0 aliphatic carbocycles. The summed E-state index contributed by atoms with van der Waals surface area (Å²) in [4.78, 5) is 0. The topological polar surface area (TPSA) is 17.0 Å². The average Bonchev–Trinajstić information content (AvgIpc) is 2.98. The molecule has 2 heterocycles. The number of nitrogens with zero attached hydrogens (tertiary/aromatic N) is 1. The molecule has 2 heteroatoms. The molecule has 16 heavy (non-hydrogen) atoms. The number of aromatic nitrogens is 1. The van der Waals surface area contributed by atoms with Gasteiger partial charge in [-0.15, -0.1) is 0 Å². The van der Waals surface area contributed by atoms with Gasteiger partial charge in [0.2, 0.25) is 0 Å². The van der Waals surface area contributed by atoms with Crippen molar-refractivity contribution in [3.05, 3.63) is 48.3 Å². The van der Waals surface area contributed by atoms with Crippen molar-refractivity contribution in [3.63, 3.8) is 0 Å². The molecule has 1 aromatic carbocycles. The molecular formula is C14H16N2. The van der Waals surface area contributed by atoms with Crippen molar-refractivity contribution in [3.8, 4) is 0 Å². The fourth-order valence-corrected chi connectivity index (χ4v) is 2.43. The third kappa shape index (κ3) is 1.42. The Morgan fingerprint density at radius 2 is 2.12 bits per heavy atom. The molecule has 2 aromatic rings. The van der Waals surface area contributed by atoms with E-state index in [1.165, 1.54) is 16.6 Å². The van der Waals surface area contributed by atoms with Crippen LogP contribution in [0, 0.1) is 0 Å². The van der Waals surface area contributed by atoms with Crippen LogP contribution in [0.15, 0.2) is 48.3 Å². The minimum atomic E-state index is 0.405. The van der Waals surface area contributed by atoms with Gasteiger partial charge >= 0.3 is 0 Å². The van der Waals surface area contributed by atoms with E-state index >= 15 is 0 Å².